The minimum absolute atomic E-state index is 0.00589. The highest BCUT2D eigenvalue weighted by Gasteiger charge is 2.33. The molecule has 1 aliphatic rings. The Morgan fingerprint density at radius 1 is 0.714 bits per heavy atom. The van der Waals surface area contributed by atoms with Crippen molar-refractivity contribution >= 4 is 10.9 Å². The summed E-state index contributed by atoms with van der Waals surface area (Å²) in [6.07, 6.45) is 3.67. The molecule has 238 valence electrons. The number of nitrogens with zero attached hydrogens (tertiary/aromatic N) is 1. The predicted octanol–water partition coefficient (Wildman–Crippen LogP) is 3.09. The molecule has 42 heavy (non-hydrogen) atoms. The number of unbranched alkanes of at least 4 members (excludes halogenated alkanes) is 1. The van der Waals surface area contributed by atoms with Crippen molar-refractivity contribution in [1.29, 1.82) is 0 Å². The smallest absolute Gasteiger partial charge is 0.191 e. The number of fused-ring (bicyclic) bond motifs is 1. The van der Waals surface area contributed by atoms with Crippen LogP contribution < -0.4 is 4.74 Å². The number of rotatable bonds is 13. The quantitative estimate of drug-likeness (QED) is 0.248. The average molecular weight is 600 g/mol. The third kappa shape index (κ3) is 14.4. The molecule has 2 aromatic rings. The van der Waals surface area contributed by atoms with Crippen molar-refractivity contribution in [1.82, 2.24) is 4.98 Å². The van der Waals surface area contributed by atoms with Gasteiger partial charge in [0.15, 0.2) is 27.2 Å². The van der Waals surface area contributed by atoms with E-state index in [-0.39, 0.29) is 60.6 Å². The maximum Gasteiger partial charge on any atom is 0.191 e. The second kappa shape index (κ2) is 22.5. The molecule has 2 heterocycles. The summed E-state index contributed by atoms with van der Waals surface area (Å²) >= 11 is 0. The highest BCUT2D eigenvalue weighted by atomic mass is 16.8. The summed E-state index contributed by atoms with van der Waals surface area (Å²) in [5.41, 5.74) is -0.153. The van der Waals surface area contributed by atoms with Gasteiger partial charge in [0.2, 0.25) is 0 Å². The molecular weight excluding hydrogens is 554 g/mol. The molecule has 1 aliphatic heterocycles. The van der Waals surface area contributed by atoms with Gasteiger partial charge in [-0.3, -0.25) is 4.98 Å². The predicted molar refractivity (Wildman–Crippen MR) is 150 cm³/mol. The first-order valence-corrected chi connectivity index (χ1v) is 14.2. The van der Waals surface area contributed by atoms with E-state index >= 15 is 0 Å². The molecule has 1 atom stereocenters. The van der Waals surface area contributed by atoms with Crippen LogP contribution in [0.15, 0.2) is 36.5 Å². The minimum Gasteiger partial charge on any atom is -0.465 e. The molecule has 13 nitrogen and oxygen atoms in total. The Labute approximate surface area is 247 Å². The lowest BCUT2D eigenvalue weighted by atomic mass is 10.1. The monoisotopic (exact) mass is 599 g/mol. The maximum absolute atomic E-state index is 6.16. The Kier molecular flexibility index (Phi) is 18.5. The molecule has 1 saturated heterocycles. The number of hydrogen-bond acceptors (Lipinski definition) is 13. The molecule has 0 spiro atoms. The Hall–Kier alpha value is -2.01. The van der Waals surface area contributed by atoms with Gasteiger partial charge in [0.25, 0.3) is 0 Å². The Morgan fingerprint density at radius 3 is 2.14 bits per heavy atom. The molecule has 1 aromatic heterocycles. The van der Waals surface area contributed by atoms with E-state index in [2.05, 4.69) is 11.9 Å². The number of para-hydroxylation sites is 1. The molecule has 3 rings (SSSR count). The minimum atomic E-state index is -0.921. The van der Waals surface area contributed by atoms with Crippen LogP contribution in [0.4, 0.5) is 0 Å². The molecular formula is C29H45NO12. The van der Waals surface area contributed by atoms with Crippen molar-refractivity contribution in [3.8, 4) is 5.75 Å². The van der Waals surface area contributed by atoms with Crippen LogP contribution in [0.1, 0.15) is 19.8 Å². The van der Waals surface area contributed by atoms with Gasteiger partial charge >= 0.3 is 0 Å². The molecule has 0 aliphatic carbocycles. The molecule has 0 radical (unpaired) electrons. The topological polar surface area (TPSA) is 124 Å². The first-order chi connectivity index (χ1) is 20.8. The van der Waals surface area contributed by atoms with E-state index in [1.165, 1.54) is 0 Å². The average Bonchev–Trinajstić information content (AvgIpc) is 3.02. The van der Waals surface area contributed by atoms with Gasteiger partial charge < -0.3 is 56.8 Å². The van der Waals surface area contributed by atoms with Crippen LogP contribution in [0.5, 0.6) is 5.75 Å². The fourth-order valence-corrected chi connectivity index (χ4v) is 3.68. The number of hydrogen-bond donors (Lipinski definition) is 0. The molecule has 0 amide bonds. The fourth-order valence-electron chi connectivity index (χ4n) is 3.68. The molecule has 1 aromatic carbocycles. The lowest BCUT2D eigenvalue weighted by Gasteiger charge is -2.33. The molecule has 0 bridgehead atoms. The van der Waals surface area contributed by atoms with E-state index in [1.807, 2.05) is 30.3 Å². The normalized spacial score (nSPS) is 20.9. The molecule has 0 saturated carbocycles. The van der Waals surface area contributed by atoms with E-state index in [1.54, 1.807) is 6.20 Å². The van der Waals surface area contributed by atoms with Crippen molar-refractivity contribution in [3.63, 3.8) is 0 Å². The Morgan fingerprint density at radius 2 is 1.38 bits per heavy atom. The Balaban J connectivity index is 1.46. The lowest BCUT2D eigenvalue weighted by Crippen LogP contribution is -2.48. The van der Waals surface area contributed by atoms with Crippen LogP contribution in [0, 0.1) is 0 Å². The fraction of sp³-hybridized carbons (Fsp3) is 0.690. The van der Waals surface area contributed by atoms with Gasteiger partial charge in [-0.15, -0.1) is 0 Å². The summed E-state index contributed by atoms with van der Waals surface area (Å²) in [5, 5.41) is 0.987. The summed E-state index contributed by atoms with van der Waals surface area (Å²) < 4.78 is 67.4. The standard InChI is InChI=1S/C29H45NO12/c1-2-3-10-32-17-29(18-33-13-11-31-12-15-35-20-37-22-38-21-36-16-14-34-19-29)42-25-40-23-39-24-41-27-8-4-6-26-7-5-9-30-28(26)27/h4-9H,2-3,10-25H2,1H3. The molecule has 13 heteroatoms. The highest BCUT2D eigenvalue weighted by molar-refractivity contribution is 5.84. The van der Waals surface area contributed by atoms with Crippen LogP contribution in [0.2, 0.25) is 0 Å². The molecule has 0 N–H and O–H groups in total. The second-order valence-electron chi connectivity index (χ2n) is 9.27. The lowest BCUT2D eigenvalue weighted by molar-refractivity contribution is -0.233. The zero-order chi connectivity index (χ0) is 29.4. The van der Waals surface area contributed by atoms with Crippen molar-refractivity contribution in [3.05, 3.63) is 36.5 Å². The number of aromatic nitrogens is 1. The van der Waals surface area contributed by atoms with Gasteiger partial charge in [0, 0.05) is 18.2 Å². The van der Waals surface area contributed by atoms with E-state index in [9.17, 15) is 0 Å². The van der Waals surface area contributed by atoms with Gasteiger partial charge in [-0.2, -0.15) is 0 Å². The molecule has 1 unspecified atom stereocenters. The van der Waals surface area contributed by atoms with Crippen LogP contribution in [-0.2, 0) is 52.1 Å². The third-order valence-electron chi connectivity index (χ3n) is 5.86. The van der Waals surface area contributed by atoms with Gasteiger partial charge in [0.05, 0.1) is 59.5 Å². The summed E-state index contributed by atoms with van der Waals surface area (Å²) in [7, 11) is 0. The van der Waals surface area contributed by atoms with Crippen LogP contribution in [0.25, 0.3) is 10.9 Å². The van der Waals surface area contributed by atoms with E-state index < -0.39 is 5.60 Å². The van der Waals surface area contributed by atoms with Crippen LogP contribution in [0.3, 0.4) is 0 Å². The number of ether oxygens (including phenoxy) is 12. The first-order valence-electron chi connectivity index (χ1n) is 14.2. The van der Waals surface area contributed by atoms with E-state index in [4.69, 9.17) is 56.8 Å². The summed E-state index contributed by atoms with van der Waals surface area (Å²) in [4.78, 5) is 4.37. The SMILES string of the molecule is CCCCOCC1(OCOCOCOc2cccc3cccnc23)COCCOCCOCOCOCOCCOC1. The summed E-state index contributed by atoms with van der Waals surface area (Å²) in [5.74, 6) is 0.634. The maximum atomic E-state index is 6.16. The van der Waals surface area contributed by atoms with Crippen molar-refractivity contribution in [2.24, 2.45) is 0 Å². The van der Waals surface area contributed by atoms with Gasteiger partial charge in [0.1, 0.15) is 30.5 Å². The Bertz CT molecular complexity index is 911. The number of benzene rings is 1. The molecule has 1 fully saturated rings. The third-order valence-corrected chi connectivity index (χ3v) is 5.86. The zero-order valence-electron chi connectivity index (χ0n) is 24.5. The van der Waals surface area contributed by atoms with Crippen LogP contribution in [-0.4, -0.2) is 117 Å². The van der Waals surface area contributed by atoms with E-state index in [0.29, 0.717) is 52.0 Å². The van der Waals surface area contributed by atoms with Crippen molar-refractivity contribution < 1.29 is 56.8 Å². The van der Waals surface area contributed by atoms with Crippen molar-refractivity contribution in [2.45, 2.75) is 25.4 Å². The number of pyridine rings is 1. The van der Waals surface area contributed by atoms with Gasteiger partial charge in [-0.25, -0.2) is 0 Å². The summed E-state index contributed by atoms with van der Waals surface area (Å²) in [6, 6.07) is 9.58. The van der Waals surface area contributed by atoms with Crippen molar-refractivity contribution in [2.75, 3.05) is 107 Å². The largest absolute Gasteiger partial charge is 0.465 e. The van der Waals surface area contributed by atoms with Gasteiger partial charge in [-0.05, 0) is 18.6 Å². The highest BCUT2D eigenvalue weighted by Crippen LogP contribution is 2.22. The second-order valence-corrected chi connectivity index (χ2v) is 9.27. The first kappa shape index (κ1) is 34.5. The zero-order valence-corrected chi connectivity index (χ0v) is 24.5. The van der Waals surface area contributed by atoms with Gasteiger partial charge in [-0.1, -0.05) is 31.5 Å². The van der Waals surface area contributed by atoms with Crippen LogP contribution >= 0.6 is 0 Å². The summed E-state index contributed by atoms with van der Waals surface area (Å²) in [6.45, 7) is 5.71. The van der Waals surface area contributed by atoms with E-state index in [0.717, 1.165) is 23.7 Å².